The maximum absolute atomic E-state index is 11.8. The van der Waals surface area contributed by atoms with Gasteiger partial charge in [0.1, 0.15) is 0 Å². The van der Waals surface area contributed by atoms with Crippen LogP contribution < -0.4 is 16.0 Å². The van der Waals surface area contributed by atoms with Crippen molar-refractivity contribution in [2.75, 3.05) is 6.61 Å². The first kappa shape index (κ1) is 12.2. The summed E-state index contributed by atoms with van der Waals surface area (Å²) >= 11 is 0. The number of nitrogens with zero attached hydrogens (tertiary/aromatic N) is 1. The standard InChI is InChI=1S/C8H8F3N3O2/c9-8(10,11)4-16-6-2-1-5(3-13-6)7(15)14-12/h1-3H,4,12H2,(H,14,15). The predicted octanol–water partition coefficient (Wildman–Crippen LogP) is 0.626. The van der Waals surface area contributed by atoms with Crippen LogP contribution >= 0.6 is 0 Å². The van der Waals surface area contributed by atoms with Gasteiger partial charge in [-0.1, -0.05) is 0 Å². The lowest BCUT2D eigenvalue weighted by atomic mass is 10.3. The van der Waals surface area contributed by atoms with E-state index in [9.17, 15) is 18.0 Å². The molecule has 8 heteroatoms. The first-order valence-electron chi connectivity index (χ1n) is 4.09. The van der Waals surface area contributed by atoms with Gasteiger partial charge in [-0.3, -0.25) is 10.2 Å². The minimum Gasteiger partial charge on any atom is -0.468 e. The van der Waals surface area contributed by atoms with Gasteiger partial charge in [0.25, 0.3) is 5.91 Å². The van der Waals surface area contributed by atoms with E-state index in [1.165, 1.54) is 6.07 Å². The van der Waals surface area contributed by atoms with Crippen LogP contribution in [0.4, 0.5) is 13.2 Å². The number of halogens is 3. The van der Waals surface area contributed by atoms with Gasteiger partial charge in [0.2, 0.25) is 5.88 Å². The molecule has 0 aliphatic carbocycles. The maximum Gasteiger partial charge on any atom is 0.422 e. The lowest BCUT2D eigenvalue weighted by molar-refractivity contribution is -0.154. The molecule has 5 nitrogen and oxygen atoms in total. The second-order valence-electron chi connectivity index (χ2n) is 2.76. The number of nitrogens with two attached hydrogens (primary N) is 1. The Morgan fingerprint density at radius 2 is 2.19 bits per heavy atom. The van der Waals surface area contributed by atoms with Crippen molar-refractivity contribution in [1.82, 2.24) is 10.4 Å². The van der Waals surface area contributed by atoms with Gasteiger partial charge in [-0.15, -0.1) is 0 Å². The SMILES string of the molecule is NNC(=O)c1ccc(OCC(F)(F)F)nc1. The zero-order valence-electron chi connectivity index (χ0n) is 7.91. The molecule has 0 aliphatic rings. The lowest BCUT2D eigenvalue weighted by Crippen LogP contribution is -2.30. The quantitative estimate of drug-likeness (QED) is 0.457. The number of nitrogen functional groups attached to an aromatic ring is 1. The number of aromatic nitrogens is 1. The zero-order chi connectivity index (χ0) is 12.2. The normalized spacial score (nSPS) is 11.0. The molecule has 1 rings (SSSR count). The molecule has 0 saturated carbocycles. The van der Waals surface area contributed by atoms with E-state index in [0.717, 1.165) is 12.3 Å². The highest BCUT2D eigenvalue weighted by Gasteiger charge is 2.28. The number of carbonyl (C=O) groups is 1. The smallest absolute Gasteiger partial charge is 0.422 e. The lowest BCUT2D eigenvalue weighted by Gasteiger charge is -2.08. The van der Waals surface area contributed by atoms with Crippen molar-refractivity contribution in [3.63, 3.8) is 0 Å². The fourth-order valence-electron chi connectivity index (χ4n) is 0.839. The van der Waals surface area contributed by atoms with Crippen LogP contribution in [0, 0.1) is 0 Å². The number of hydrazine groups is 1. The molecule has 0 saturated heterocycles. The third-order valence-corrected chi connectivity index (χ3v) is 1.51. The summed E-state index contributed by atoms with van der Waals surface area (Å²) < 4.78 is 39.6. The Labute approximate surface area is 88.4 Å². The molecule has 1 heterocycles. The summed E-state index contributed by atoms with van der Waals surface area (Å²) in [6.07, 6.45) is -3.36. The van der Waals surface area contributed by atoms with Crippen molar-refractivity contribution in [1.29, 1.82) is 0 Å². The van der Waals surface area contributed by atoms with Gasteiger partial charge in [-0.25, -0.2) is 10.8 Å². The third-order valence-electron chi connectivity index (χ3n) is 1.51. The number of carbonyl (C=O) groups excluding carboxylic acids is 1. The van der Waals surface area contributed by atoms with Crippen molar-refractivity contribution in [2.24, 2.45) is 5.84 Å². The van der Waals surface area contributed by atoms with E-state index in [1.54, 1.807) is 0 Å². The van der Waals surface area contributed by atoms with Gasteiger partial charge in [0.15, 0.2) is 6.61 Å². The zero-order valence-corrected chi connectivity index (χ0v) is 7.91. The summed E-state index contributed by atoms with van der Waals surface area (Å²) in [6.45, 7) is -1.43. The van der Waals surface area contributed by atoms with Crippen molar-refractivity contribution in [2.45, 2.75) is 6.18 Å². The maximum atomic E-state index is 11.8. The number of amides is 1. The van der Waals surface area contributed by atoms with Gasteiger partial charge in [-0.2, -0.15) is 13.2 Å². The van der Waals surface area contributed by atoms with E-state index in [1.807, 2.05) is 5.43 Å². The molecule has 0 bridgehead atoms. The van der Waals surface area contributed by atoms with Crippen molar-refractivity contribution in [3.05, 3.63) is 23.9 Å². The topological polar surface area (TPSA) is 77.2 Å². The summed E-state index contributed by atoms with van der Waals surface area (Å²) in [5.41, 5.74) is 1.98. The minimum absolute atomic E-state index is 0.127. The number of rotatable bonds is 3. The van der Waals surface area contributed by atoms with Crippen LogP contribution in [-0.4, -0.2) is 23.7 Å². The molecule has 16 heavy (non-hydrogen) atoms. The highest BCUT2D eigenvalue weighted by atomic mass is 19.4. The Kier molecular flexibility index (Phi) is 3.67. The van der Waals surface area contributed by atoms with Crippen LogP contribution in [0.1, 0.15) is 10.4 Å². The molecule has 1 amide bonds. The fraction of sp³-hybridized carbons (Fsp3) is 0.250. The molecule has 88 valence electrons. The van der Waals surface area contributed by atoms with E-state index in [0.29, 0.717) is 0 Å². The summed E-state index contributed by atoms with van der Waals surface area (Å²) in [7, 11) is 0. The van der Waals surface area contributed by atoms with Crippen LogP contribution in [0.2, 0.25) is 0 Å². The Hall–Kier alpha value is -1.83. The monoisotopic (exact) mass is 235 g/mol. The Morgan fingerprint density at radius 1 is 1.50 bits per heavy atom. The molecular weight excluding hydrogens is 227 g/mol. The number of pyridine rings is 1. The molecule has 0 atom stereocenters. The Morgan fingerprint density at radius 3 is 2.62 bits per heavy atom. The second kappa shape index (κ2) is 4.79. The minimum atomic E-state index is -4.42. The highest BCUT2D eigenvalue weighted by molar-refractivity contribution is 5.93. The molecule has 1 aromatic heterocycles. The number of ether oxygens (including phenoxy) is 1. The largest absolute Gasteiger partial charge is 0.468 e. The number of hydrogen-bond donors (Lipinski definition) is 2. The van der Waals surface area contributed by atoms with Gasteiger partial charge < -0.3 is 4.74 Å². The van der Waals surface area contributed by atoms with Crippen LogP contribution in [0.15, 0.2) is 18.3 Å². The number of alkyl halides is 3. The fourth-order valence-corrected chi connectivity index (χ4v) is 0.839. The summed E-state index contributed by atoms with van der Waals surface area (Å²) in [5, 5.41) is 0. The average Bonchev–Trinajstić information content (AvgIpc) is 2.25. The predicted molar refractivity (Wildman–Crippen MR) is 47.4 cm³/mol. The van der Waals surface area contributed by atoms with Crippen LogP contribution in [-0.2, 0) is 0 Å². The van der Waals surface area contributed by atoms with Crippen LogP contribution in [0.3, 0.4) is 0 Å². The Balaban J connectivity index is 2.62. The summed E-state index contributed by atoms with van der Waals surface area (Å²) in [5.74, 6) is 4.05. The molecular formula is C8H8F3N3O2. The van der Waals surface area contributed by atoms with Gasteiger partial charge in [0, 0.05) is 12.3 Å². The highest BCUT2D eigenvalue weighted by Crippen LogP contribution is 2.16. The molecule has 0 aliphatic heterocycles. The second-order valence-corrected chi connectivity index (χ2v) is 2.76. The third kappa shape index (κ3) is 3.73. The molecule has 0 spiro atoms. The van der Waals surface area contributed by atoms with Gasteiger partial charge in [0.05, 0.1) is 5.56 Å². The Bertz CT molecular complexity index is 364. The van der Waals surface area contributed by atoms with E-state index < -0.39 is 18.7 Å². The van der Waals surface area contributed by atoms with E-state index >= 15 is 0 Å². The molecule has 0 aromatic carbocycles. The van der Waals surface area contributed by atoms with E-state index in [4.69, 9.17) is 5.84 Å². The van der Waals surface area contributed by atoms with Crippen molar-refractivity contribution < 1.29 is 22.7 Å². The van der Waals surface area contributed by atoms with Crippen molar-refractivity contribution >= 4 is 5.91 Å². The first-order chi connectivity index (χ1) is 7.42. The van der Waals surface area contributed by atoms with Crippen LogP contribution in [0.5, 0.6) is 5.88 Å². The number of hydrogen-bond acceptors (Lipinski definition) is 4. The van der Waals surface area contributed by atoms with Crippen LogP contribution in [0.25, 0.3) is 0 Å². The average molecular weight is 235 g/mol. The summed E-state index contributed by atoms with van der Waals surface area (Å²) in [6, 6.07) is 2.40. The molecule has 0 unspecified atom stereocenters. The van der Waals surface area contributed by atoms with E-state index in [-0.39, 0.29) is 11.4 Å². The first-order valence-corrected chi connectivity index (χ1v) is 4.09. The molecule has 0 radical (unpaired) electrons. The number of nitrogens with one attached hydrogen (secondary N) is 1. The molecule has 1 aromatic rings. The van der Waals surface area contributed by atoms with E-state index in [2.05, 4.69) is 9.72 Å². The summed E-state index contributed by atoms with van der Waals surface area (Å²) in [4.78, 5) is 14.5. The molecule has 0 fully saturated rings. The van der Waals surface area contributed by atoms with Crippen molar-refractivity contribution in [3.8, 4) is 5.88 Å². The van der Waals surface area contributed by atoms with Gasteiger partial charge in [-0.05, 0) is 6.07 Å². The van der Waals surface area contributed by atoms with Gasteiger partial charge >= 0.3 is 6.18 Å². The molecule has 3 N–H and O–H groups in total.